The van der Waals surface area contributed by atoms with Crippen molar-refractivity contribution in [2.45, 2.75) is 18.7 Å². The lowest BCUT2D eigenvalue weighted by molar-refractivity contribution is 0.410. The summed E-state index contributed by atoms with van der Waals surface area (Å²) in [5, 5.41) is 0. The van der Waals surface area contributed by atoms with E-state index in [9.17, 15) is 8.42 Å². The van der Waals surface area contributed by atoms with Crippen LogP contribution in [0.15, 0.2) is 47.4 Å². The van der Waals surface area contributed by atoms with Crippen LogP contribution in [-0.2, 0) is 10.0 Å². The minimum Gasteiger partial charge on any atom is -0.496 e. The molecular formula is C16H19NO3S. The molecule has 2 aromatic rings. The van der Waals surface area contributed by atoms with E-state index in [2.05, 4.69) is 0 Å². The van der Waals surface area contributed by atoms with Gasteiger partial charge in [0, 0.05) is 7.05 Å². The van der Waals surface area contributed by atoms with Crippen molar-refractivity contribution >= 4 is 15.7 Å². The molecule has 0 aliphatic carbocycles. The first-order chi connectivity index (χ1) is 9.89. The van der Waals surface area contributed by atoms with Crippen LogP contribution in [0, 0.1) is 13.8 Å². The maximum atomic E-state index is 12.8. The number of benzene rings is 2. The Hall–Kier alpha value is -2.01. The lowest BCUT2D eigenvalue weighted by Gasteiger charge is -2.21. The Morgan fingerprint density at radius 1 is 0.952 bits per heavy atom. The lowest BCUT2D eigenvalue weighted by Crippen LogP contribution is -2.27. The van der Waals surface area contributed by atoms with Gasteiger partial charge in [-0.15, -0.1) is 0 Å². The molecule has 21 heavy (non-hydrogen) atoms. The van der Waals surface area contributed by atoms with Crippen LogP contribution >= 0.6 is 0 Å². The fourth-order valence-electron chi connectivity index (χ4n) is 2.20. The Morgan fingerprint density at radius 2 is 1.57 bits per heavy atom. The molecule has 0 saturated heterocycles. The first kappa shape index (κ1) is 15.4. The fourth-order valence-corrected chi connectivity index (χ4v) is 3.67. The second-order valence-corrected chi connectivity index (χ2v) is 6.76. The maximum Gasteiger partial charge on any atom is 0.264 e. The average Bonchev–Trinajstić information content (AvgIpc) is 2.49. The predicted octanol–water partition coefficient (Wildman–Crippen LogP) is 3.14. The van der Waals surface area contributed by atoms with E-state index in [-0.39, 0.29) is 0 Å². The molecule has 0 atom stereocenters. The Balaban J connectivity index is 2.53. The summed E-state index contributed by atoms with van der Waals surface area (Å²) < 4.78 is 32.1. The molecule has 0 unspecified atom stereocenters. The predicted molar refractivity (Wildman–Crippen MR) is 84.5 cm³/mol. The summed E-state index contributed by atoms with van der Waals surface area (Å²) in [7, 11) is -0.458. The van der Waals surface area contributed by atoms with Crippen molar-refractivity contribution in [2.75, 3.05) is 18.5 Å². The van der Waals surface area contributed by atoms with E-state index in [0.717, 1.165) is 5.56 Å². The highest BCUT2D eigenvalue weighted by molar-refractivity contribution is 7.92. The highest BCUT2D eigenvalue weighted by atomic mass is 32.2. The monoisotopic (exact) mass is 305 g/mol. The van der Waals surface area contributed by atoms with Gasteiger partial charge >= 0.3 is 0 Å². The first-order valence-corrected chi connectivity index (χ1v) is 8.01. The Morgan fingerprint density at radius 3 is 2.14 bits per heavy atom. The summed E-state index contributed by atoms with van der Waals surface area (Å²) in [5.74, 6) is 0.689. The van der Waals surface area contributed by atoms with Gasteiger partial charge in [0.2, 0.25) is 0 Å². The van der Waals surface area contributed by atoms with Crippen LogP contribution in [0.1, 0.15) is 11.1 Å². The van der Waals surface area contributed by atoms with Crippen LogP contribution in [-0.4, -0.2) is 22.6 Å². The van der Waals surface area contributed by atoms with Crippen molar-refractivity contribution in [3.05, 3.63) is 53.6 Å². The Labute approximate surface area is 126 Å². The van der Waals surface area contributed by atoms with Crippen molar-refractivity contribution in [1.29, 1.82) is 0 Å². The summed E-state index contributed by atoms with van der Waals surface area (Å²) in [6.45, 7) is 3.65. The standard InChI is InChI=1S/C16H19NO3S/c1-12-13(2)16(11-10-15(12)20-4)21(18,19)17(3)14-8-6-5-7-9-14/h5-11H,1-4H3. The van der Waals surface area contributed by atoms with Gasteiger partial charge in [0.25, 0.3) is 10.0 Å². The van der Waals surface area contributed by atoms with Crippen molar-refractivity contribution < 1.29 is 13.2 Å². The van der Waals surface area contributed by atoms with Gasteiger partial charge in [0.15, 0.2) is 0 Å². The van der Waals surface area contributed by atoms with Crippen LogP contribution < -0.4 is 9.04 Å². The molecule has 0 aliphatic heterocycles. The average molecular weight is 305 g/mol. The van der Waals surface area contributed by atoms with Gasteiger partial charge in [-0.05, 0) is 49.2 Å². The second-order valence-electron chi connectivity index (χ2n) is 4.82. The van der Waals surface area contributed by atoms with Crippen LogP contribution in [0.5, 0.6) is 5.75 Å². The number of para-hydroxylation sites is 1. The molecule has 0 aliphatic rings. The molecule has 4 nitrogen and oxygen atoms in total. The molecule has 0 fully saturated rings. The number of rotatable bonds is 4. The van der Waals surface area contributed by atoms with Gasteiger partial charge in [0.1, 0.15) is 5.75 Å². The van der Waals surface area contributed by atoms with E-state index in [1.807, 2.05) is 25.1 Å². The van der Waals surface area contributed by atoms with Gasteiger partial charge in [-0.3, -0.25) is 4.31 Å². The van der Waals surface area contributed by atoms with Gasteiger partial charge in [-0.2, -0.15) is 0 Å². The summed E-state index contributed by atoms with van der Waals surface area (Å²) >= 11 is 0. The summed E-state index contributed by atoms with van der Waals surface area (Å²) in [4.78, 5) is 0.298. The maximum absolute atomic E-state index is 12.8. The van der Waals surface area contributed by atoms with Crippen LogP contribution in [0.3, 0.4) is 0 Å². The molecule has 0 aromatic heterocycles. The molecule has 0 saturated carbocycles. The van der Waals surface area contributed by atoms with Crippen LogP contribution in [0.2, 0.25) is 0 Å². The molecule has 5 heteroatoms. The van der Waals surface area contributed by atoms with E-state index in [4.69, 9.17) is 4.74 Å². The molecule has 0 heterocycles. The third-order valence-electron chi connectivity index (χ3n) is 3.67. The van der Waals surface area contributed by atoms with E-state index >= 15 is 0 Å². The van der Waals surface area contributed by atoms with Gasteiger partial charge in [0.05, 0.1) is 17.7 Å². The second kappa shape index (κ2) is 5.77. The third kappa shape index (κ3) is 2.74. The minimum absolute atomic E-state index is 0.298. The fraction of sp³-hybridized carbons (Fsp3) is 0.250. The third-order valence-corrected chi connectivity index (χ3v) is 5.60. The number of anilines is 1. The molecule has 0 spiro atoms. The molecule has 0 N–H and O–H groups in total. The number of nitrogens with zero attached hydrogens (tertiary/aromatic N) is 1. The summed E-state index contributed by atoms with van der Waals surface area (Å²) in [5.41, 5.74) is 2.17. The van der Waals surface area contributed by atoms with E-state index in [1.165, 1.54) is 4.31 Å². The van der Waals surface area contributed by atoms with E-state index in [1.54, 1.807) is 45.3 Å². The largest absolute Gasteiger partial charge is 0.496 e. The Kier molecular flexibility index (Phi) is 4.23. The zero-order chi connectivity index (χ0) is 15.6. The first-order valence-electron chi connectivity index (χ1n) is 6.57. The zero-order valence-corrected chi connectivity index (χ0v) is 13.4. The van der Waals surface area contributed by atoms with E-state index < -0.39 is 10.0 Å². The minimum atomic E-state index is -3.59. The molecule has 0 amide bonds. The molecule has 0 radical (unpaired) electrons. The van der Waals surface area contributed by atoms with E-state index in [0.29, 0.717) is 21.9 Å². The SMILES string of the molecule is COc1ccc(S(=O)(=O)N(C)c2ccccc2)c(C)c1C. The smallest absolute Gasteiger partial charge is 0.264 e. The Bertz CT molecular complexity index is 740. The number of methoxy groups -OCH3 is 1. The zero-order valence-electron chi connectivity index (χ0n) is 12.6. The topological polar surface area (TPSA) is 46.6 Å². The van der Waals surface area contributed by atoms with Crippen molar-refractivity contribution in [1.82, 2.24) is 0 Å². The molecule has 2 rings (SSSR count). The molecule has 0 bridgehead atoms. The van der Waals surface area contributed by atoms with Crippen LogP contribution in [0.4, 0.5) is 5.69 Å². The van der Waals surface area contributed by atoms with Gasteiger partial charge in [-0.25, -0.2) is 8.42 Å². The molecule has 112 valence electrons. The lowest BCUT2D eigenvalue weighted by atomic mass is 10.1. The summed E-state index contributed by atoms with van der Waals surface area (Å²) in [6, 6.07) is 12.3. The molecular weight excluding hydrogens is 286 g/mol. The van der Waals surface area contributed by atoms with Crippen LogP contribution in [0.25, 0.3) is 0 Å². The number of hydrogen-bond acceptors (Lipinski definition) is 3. The highest BCUT2D eigenvalue weighted by Crippen LogP contribution is 2.30. The number of hydrogen-bond donors (Lipinski definition) is 0. The molecule has 2 aromatic carbocycles. The van der Waals surface area contributed by atoms with Crippen molar-refractivity contribution in [3.8, 4) is 5.75 Å². The van der Waals surface area contributed by atoms with Gasteiger partial charge in [-0.1, -0.05) is 18.2 Å². The normalized spacial score (nSPS) is 11.2. The van der Waals surface area contributed by atoms with Crippen molar-refractivity contribution in [3.63, 3.8) is 0 Å². The van der Waals surface area contributed by atoms with Crippen molar-refractivity contribution in [2.24, 2.45) is 0 Å². The number of sulfonamides is 1. The number of ether oxygens (including phenoxy) is 1. The summed E-state index contributed by atoms with van der Waals surface area (Å²) in [6.07, 6.45) is 0. The van der Waals surface area contributed by atoms with Gasteiger partial charge < -0.3 is 4.74 Å². The highest BCUT2D eigenvalue weighted by Gasteiger charge is 2.24. The quantitative estimate of drug-likeness (QED) is 0.872.